The van der Waals surface area contributed by atoms with Crippen molar-refractivity contribution in [2.75, 3.05) is 19.6 Å². The molecule has 2 N–H and O–H groups in total. The van der Waals surface area contributed by atoms with Gasteiger partial charge in [0.2, 0.25) is 0 Å². The first-order valence-corrected chi connectivity index (χ1v) is 8.06. The average Bonchev–Trinajstić information content (AvgIpc) is 2.65. The molecule has 0 aromatic rings. The van der Waals surface area contributed by atoms with E-state index < -0.39 is 5.54 Å². The molecule has 0 aromatic carbocycles. The van der Waals surface area contributed by atoms with Crippen LogP contribution in [-0.4, -0.2) is 30.1 Å². The van der Waals surface area contributed by atoms with Crippen molar-refractivity contribution in [3.05, 3.63) is 0 Å². The number of nitrogens with two attached hydrogens (primary N) is 1. The minimum Gasteiger partial charge on any atom is -0.313 e. The fourth-order valence-corrected chi connectivity index (χ4v) is 3.08. The van der Waals surface area contributed by atoms with Gasteiger partial charge in [-0.2, -0.15) is 5.26 Å². The summed E-state index contributed by atoms with van der Waals surface area (Å²) >= 11 is 0. The molecule has 1 fully saturated rings. The molecule has 3 heteroatoms. The lowest BCUT2D eigenvalue weighted by Gasteiger charge is -2.23. The first-order valence-electron chi connectivity index (χ1n) is 8.06. The maximum absolute atomic E-state index is 9.07. The second-order valence-corrected chi connectivity index (χ2v) is 6.15. The molecule has 1 rings (SSSR count). The lowest BCUT2D eigenvalue weighted by atomic mass is 9.93. The van der Waals surface area contributed by atoms with Crippen molar-refractivity contribution >= 4 is 0 Å². The highest BCUT2D eigenvalue weighted by Crippen LogP contribution is 2.22. The van der Waals surface area contributed by atoms with Crippen molar-refractivity contribution < 1.29 is 0 Å². The van der Waals surface area contributed by atoms with Gasteiger partial charge in [0.25, 0.3) is 0 Å². The van der Waals surface area contributed by atoms with Crippen LogP contribution in [0.1, 0.15) is 65.2 Å². The molecule has 2 atom stereocenters. The SMILES string of the molecule is CCCC1CCCN(CCCC(N)(C#N)CC)CC1. The van der Waals surface area contributed by atoms with Gasteiger partial charge in [0, 0.05) is 0 Å². The highest BCUT2D eigenvalue weighted by molar-refractivity contribution is 5.03. The topological polar surface area (TPSA) is 53.0 Å². The molecule has 0 radical (unpaired) electrons. The molecular formula is C16H31N3. The van der Waals surface area contributed by atoms with Crippen LogP contribution < -0.4 is 5.73 Å². The van der Waals surface area contributed by atoms with Gasteiger partial charge in [-0.15, -0.1) is 0 Å². The molecule has 0 saturated carbocycles. The van der Waals surface area contributed by atoms with Crippen LogP contribution in [0.2, 0.25) is 0 Å². The number of likely N-dealkylation sites (tertiary alicyclic amines) is 1. The van der Waals surface area contributed by atoms with Crippen LogP contribution in [-0.2, 0) is 0 Å². The van der Waals surface area contributed by atoms with Gasteiger partial charge in [0.15, 0.2) is 0 Å². The Bertz CT molecular complexity index is 284. The van der Waals surface area contributed by atoms with Crippen molar-refractivity contribution in [2.24, 2.45) is 11.7 Å². The molecule has 19 heavy (non-hydrogen) atoms. The third kappa shape index (κ3) is 5.93. The minimum atomic E-state index is -0.601. The molecule has 110 valence electrons. The predicted octanol–water partition coefficient (Wildman–Crippen LogP) is 3.30. The Morgan fingerprint density at radius 1 is 1.32 bits per heavy atom. The monoisotopic (exact) mass is 265 g/mol. The van der Waals surface area contributed by atoms with E-state index in [1.54, 1.807) is 0 Å². The molecule has 1 heterocycles. The Balaban J connectivity index is 2.25. The fraction of sp³-hybridized carbons (Fsp3) is 0.938. The summed E-state index contributed by atoms with van der Waals surface area (Å²) in [5, 5.41) is 9.07. The molecule has 0 bridgehead atoms. The third-order valence-corrected chi connectivity index (χ3v) is 4.59. The van der Waals surface area contributed by atoms with Gasteiger partial charge in [0.05, 0.1) is 6.07 Å². The van der Waals surface area contributed by atoms with E-state index >= 15 is 0 Å². The van der Waals surface area contributed by atoms with Crippen molar-refractivity contribution in [1.29, 1.82) is 5.26 Å². The van der Waals surface area contributed by atoms with Crippen LogP contribution in [0.3, 0.4) is 0 Å². The molecule has 3 nitrogen and oxygen atoms in total. The second-order valence-electron chi connectivity index (χ2n) is 6.15. The summed E-state index contributed by atoms with van der Waals surface area (Å²) in [4.78, 5) is 2.57. The van der Waals surface area contributed by atoms with Crippen LogP contribution in [0.15, 0.2) is 0 Å². The summed E-state index contributed by atoms with van der Waals surface area (Å²) in [6, 6.07) is 2.26. The van der Waals surface area contributed by atoms with Crippen LogP contribution >= 0.6 is 0 Å². The minimum absolute atomic E-state index is 0.601. The summed E-state index contributed by atoms with van der Waals surface area (Å²) in [6.07, 6.45) is 9.44. The fourth-order valence-electron chi connectivity index (χ4n) is 3.08. The Kier molecular flexibility index (Phi) is 7.41. The van der Waals surface area contributed by atoms with Gasteiger partial charge < -0.3 is 10.6 Å². The van der Waals surface area contributed by atoms with Gasteiger partial charge in [0.1, 0.15) is 5.54 Å². The zero-order chi connectivity index (χ0) is 14.1. The van der Waals surface area contributed by atoms with Gasteiger partial charge in [-0.3, -0.25) is 0 Å². The maximum atomic E-state index is 9.07. The average molecular weight is 265 g/mol. The molecule has 1 aliphatic heterocycles. The van der Waals surface area contributed by atoms with E-state index in [2.05, 4.69) is 17.9 Å². The van der Waals surface area contributed by atoms with E-state index in [0.29, 0.717) is 0 Å². The lowest BCUT2D eigenvalue weighted by molar-refractivity contribution is 0.265. The highest BCUT2D eigenvalue weighted by atomic mass is 15.1. The van der Waals surface area contributed by atoms with Gasteiger partial charge >= 0.3 is 0 Å². The van der Waals surface area contributed by atoms with E-state index in [-0.39, 0.29) is 0 Å². The summed E-state index contributed by atoms with van der Waals surface area (Å²) in [5.74, 6) is 0.943. The molecule has 2 unspecified atom stereocenters. The number of rotatable bonds is 7. The van der Waals surface area contributed by atoms with Crippen LogP contribution in [0, 0.1) is 17.2 Å². The first kappa shape index (κ1) is 16.5. The highest BCUT2D eigenvalue weighted by Gasteiger charge is 2.22. The van der Waals surface area contributed by atoms with E-state index in [1.165, 1.54) is 45.2 Å². The van der Waals surface area contributed by atoms with Crippen molar-refractivity contribution in [3.8, 4) is 6.07 Å². The first-order chi connectivity index (χ1) is 9.13. The summed E-state index contributed by atoms with van der Waals surface area (Å²) in [5.41, 5.74) is 5.42. The number of hydrogen-bond donors (Lipinski definition) is 1. The molecule has 0 spiro atoms. The molecule has 0 aromatic heterocycles. The van der Waals surface area contributed by atoms with E-state index in [4.69, 9.17) is 11.0 Å². The molecule has 0 amide bonds. The van der Waals surface area contributed by atoms with Gasteiger partial charge in [-0.05, 0) is 64.1 Å². The Labute approximate surface area is 119 Å². The largest absolute Gasteiger partial charge is 0.313 e. The van der Waals surface area contributed by atoms with Crippen molar-refractivity contribution in [1.82, 2.24) is 4.90 Å². The maximum Gasteiger partial charge on any atom is 0.104 e. The Hall–Kier alpha value is -0.590. The third-order valence-electron chi connectivity index (χ3n) is 4.59. The zero-order valence-corrected chi connectivity index (χ0v) is 12.8. The molecular weight excluding hydrogens is 234 g/mol. The zero-order valence-electron chi connectivity index (χ0n) is 12.8. The lowest BCUT2D eigenvalue weighted by Crippen LogP contribution is -2.38. The van der Waals surface area contributed by atoms with E-state index in [1.807, 2.05) is 6.92 Å². The number of nitrogens with zero attached hydrogens (tertiary/aromatic N) is 2. The smallest absolute Gasteiger partial charge is 0.104 e. The van der Waals surface area contributed by atoms with Crippen LogP contribution in [0.5, 0.6) is 0 Å². The predicted molar refractivity (Wildman–Crippen MR) is 80.7 cm³/mol. The quantitative estimate of drug-likeness (QED) is 0.768. The Morgan fingerprint density at radius 3 is 2.74 bits per heavy atom. The molecule has 0 aliphatic carbocycles. The van der Waals surface area contributed by atoms with Gasteiger partial charge in [-0.25, -0.2) is 0 Å². The van der Waals surface area contributed by atoms with Crippen LogP contribution in [0.4, 0.5) is 0 Å². The second kappa shape index (κ2) is 8.55. The summed E-state index contributed by atoms with van der Waals surface area (Å²) in [6.45, 7) is 7.87. The van der Waals surface area contributed by atoms with E-state index in [0.717, 1.165) is 31.7 Å². The summed E-state index contributed by atoms with van der Waals surface area (Å²) in [7, 11) is 0. The Morgan fingerprint density at radius 2 is 2.11 bits per heavy atom. The number of hydrogen-bond acceptors (Lipinski definition) is 3. The normalized spacial score (nSPS) is 24.4. The number of nitriles is 1. The van der Waals surface area contributed by atoms with Crippen LogP contribution in [0.25, 0.3) is 0 Å². The van der Waals surface area contributed by atoms with Gasteiger partial charge in [-0.1, -0.05) is 26.7 Å². The van der Waals surface area contributed by atoms with E-state index in [9.17, 15) is 0 Å². The molecule has 1 aliphatic rings. The molecule has 1 saturated heterocycles. The summed E-state index contributed by atoms with van der Waals surface area (Å²) < 4.78 is 0. The van der Waals surface area contributed by atoms with Crippen molar-refractivity contribution in [3.63, 3.8) is 0 Å². The standard InChI is InChI=1S/C16H31N3/c1-3-7-15-8-5-11-19(13-9-15)12-6-10-16(18,4-2)14-17/h15H,3-13,18H2,1-2H3. The van der Waals surface area contributed by atoms with Crippen molar-refractivity contribution in [2.45, 2.75) is 70.8 Å².